The maximum atomic E-state index is 13.4. The topological polar surface area (TPSA) is 55.6 Å². The molecule has 0 aliphatic carbocycles. The van der Waals surface area contributed by atoms with Gasteiger partial charge in [-0.05, 0) is 26.0 Å². The molecule has 98 valence electrons. The van der Waals surface area contributed by atoms with Gasteiger partial charge >= 0.3 is 0 Å². The molecule has 1 aliphatic heterocycles. The van der Waals surface area contributed by atoms with Crippen LogP contribution in [0.5, 0.6) is 0 Å². The highest BCUT2D eigenvalue weighted by Crippen LogP contribution is 2.24. The molecule has 1 amide bonds. The fourth-order valence-corrected chi connectivity index (χ4v) is 2.10. The van der Waals surface area contributed by atoms with Crippen molar-refractivity contribution in [2.45, 2.75) is 19.4 Å². The van der Waals surface area contributed by atoms with Gasteiger partial charge in [0.1, 0.15) is 5.82 Å². The Morgan fingerprint density at radius 3 is 2.89 bits per heavy atom. The number of nitrogens with zero attached hydrogens (tertiary/aromatic N) is 1. The summed E-state index contributed by atoms with van der Waals surface area (Å²) in [7, 11) is 0. The van der Waals surface area contributed by atoms with Crippen molar-refractivity contribution in [3.63, 3.8) is 0 Å². The third kappa shape index (κ3) is 2.18. The number of hydrogen-bond acceptors (Lipinski definition) is 3. The van der Waals surface area contributed by atoms with E-state index in [1.165, 1.54) is 12.1 Å². The lowest BCUT2D eigenvalue weighted by Gasteiger charge is -2.42. The van der Waals surface area contributed by atoms with E-state index in [-0.39, 0.29) is 17.2 Å². The summed E-state index contributed by atoms with van der Waals surface area (Å²) in [5.74, 6) is -0.813. The maximum absolute atomic E-state index is 13.4. The summed E-state index contributed by atoms with van der Waals surface area (Å²) >= 11 is 0. The smallest absolute Gasteiger partial charge is 0.256 e. The number of carbonyl (C=O) groups is 1. The van der Waals surface area contributed by atoms with Crippen molar-refractivity contribution in [3.8, 4) is 0 Å². The van der Waals surface area contributed by atoms with Gasteiger partial charge in [0.25, 0.3) is 5.91 Å². The monoisotopic (exact) mass is 252 g/mol. The Bertz CT molecular complexity index is 474. The first-order valence-corrected chi connectivity index (χ1v) is 5.87. The number of benzene rings is 1. The second-order valence-electron chi connectivity index (χ2n) is 5.02. The van der Waals surface area contributed by atoms with Crippen molar-refractivity contribution in [1.29, 1.82) is 0 Å². The zero-order valence-corrected chi connectivity index (χ0v) is 10.6. The van der Waals surface area contributed by atoms with E-state index in [2.05, 4.69) is 0 Å². The molecule has 0 aromatic heterocycles. The van der Waals surface area contributed by atoms with E-state index < -0.39 is 11.4 Å². The molecule has 2 N–H and O–H groups in total. The van der Waals surface area contributed by atoms with Crippen LogP contribution in [0.4, 0.5) is 10.1 Å². The number of nitrogen functional groups attached to an aromatic ring is 1. The number of hydrogen-bond donors (Lipinski definition) is 1. The SMILES string of the molecule is CC1(C)COCCN1C(=O)c1cccc(F)c1N. The summed E-state index contributed by atoms with van der Waals surface area (Å²) < 4.78 is 18.7. The van der Waals surface area contributed by atoms with Crippen LogP contribution in [-0.4, -0.2) is 36.1 Å². The number of halogens is 1. The van der Waals surface area contributed by atoms with Crippen LogP contribution in [-0.2, 0) is 4.74 Å². The summed E-state index contributed by atoms with van der Waals surface area (Å²) in [5.41, 5.74) is 5.34. The fraction of sp³-hybridized carbons (Fsp3) is 0.462. The average molecular weight is 252 g/mol. The van der Waals surface area contributed by atoms with E-state index in [0.717, 1.165) is 0 Å². The molecule has 1 heterocycles. The van der Waals surface area contributed by atoms with E-state index in [1.54, 1.807) is 11.0 Å². The number of rotatable bonds is 1. The second kappa shape index (κ2) is 4.57. The minimum Gasteiger partial charge on any atom is -0.396 e. The molecule has 0 unspecified atom stereocenters. The summed E-state index contributed by atoms with van der Waals surface area (Å²) in [6.45, 7) is 5.28. The molecule has 4 nitrogen and oxygen atoms in total. The molecule has 1 fully saturated rings. The molecule has 1 aromatic carbocycles. The van der Waals surface area contributed by atoms with Gasteiger partial charge in [-0.25, -0.2) is 4.39 Å². The van der Waals surface area contributed by atoms with Crippen molar-refractivity contribution < 1.29 is 13.9 Å². The number of nitrogens with two attached hydrogens (primary N) is 1. The second-order valence-corrected chi connectivity index (χ2v) is 5.02. The molecular formula is C13H17FN2O2. The highest BCUT2D eigenvalue weighted by atomic mass is 19.1. The Morgan fingerprint density at radius 2 is 2.22 bits per heavy atom. The Balaban J connectivity index is 2.33. The van der Waals surface area contributed by atoms with Gasteiger partial charge in [0.2, 0.25) is 0 Å². The van der Waals surface area contributed by atoms with E-state index in [4.69, 9.17) is 10.5 Å². The molecule has 5 heteroatoms. The van der Waals surface area contributed by atoms with Crippen LogP contribution >= 0.6 is 0 Å². The van der Waals surface area contributed by atoms with Crippen molar-refractivity contribution in [1.82, 2.24) is 4.90 Å². The summed E-state index contributed by atoms with van der Waals surface area (Å²) in [6.07, 6.45) is 0. The van der Waals surface area contributed by atoms with Gasteiger partial charge in [-0.1, -0.05) is 6.07 Å². The van der Waals surface area contributed by atoms with E-state index in [1.807, 2.05) is 13.8 Å². The predicted molar refractivity (Wildman–Crippen MR) is 66.7 cm³/mol. The zero-order valence-electron chi connectivity index (χ0n) is 10.6. The zero-order chi connectivity index (χ0) is 13.3. The van der Waals surface area contributed by atoms with Crippen LogP contribution in [0.1, 0.15) is 24.2 Å². The van der Waals surface area contributed by atoms with Crippen molar-refractivity contribution in [3.05, 3.63) is 29.6 Å². The molecule has 0 bridgehead atoms. The fourth-order valence-electron chi connectivity index (χ4n) is 2.10. The lowest BCUT2D eigenvalue weighted by molar-refractivity contribution is -0.0370. The van der Waals surface area contributed by atoms with Gasteiger partial charge in [0, 0.05) is 6.54 Å². The molecular weight excluding hydrogens is 235 g/mol. The first kappa shape index (κ1) is 12.8. The number of ether oxygens (including phenoxy) is 1. The first-order chi connectivity index (χ1) is 8.43. The first-order valence-electron chi connectivity index (χ1n) is 5.87. The molecule has 1 aromatic rings. The number of amides is 1. The molecule has 18 heavy (non-hydrogen) atoms. The molecule has 0 saturated carbocycles. The van der Waals surface area contributed by atoms with Crippen LogP contribution in [0.3, 0.4) is 0 Å². The molecule has 0 atom stereocenters. The Morgan fingerprint density at radius 1 is 1.50 bits per heavy atom. The number of para-hydroxylation sites is 1. The standard InChI is InChI=1S/C13H17FN2O2/c1-13(2)8-18-7-6-16(13)12(17)9-4-3-5-10(14)11(9)15/h3-5H,6-8,15H2,1-2H3. The number of carbonyl (C=O) groups excluding carboxylic acids is 1. The van der Waals surface area contributed by atoms with Gasteiger partial charge < -0.3 is 15.4 Å². The number of anilines is 1. The van der Waals surface area contributed by atoms with Crippen LogP contribution in [0.2, 0.25) is 0 Å². The predicted octanol–water partition coefficient (Wildman–Crippen LogP) is 1.66. The van der Waals surface area contributed by atoms with E-state index in [9.17, 15) is 9.18 Å². The van der Waals surface area contributed by atoms with Crippen LogP contribution in [0.25, 0.3) is 0 Å². The minimum atomic E-state index is -0.563. The van der Waals surface area contributed by atoms with Gasteiger partial charge in [-0.2, -0.15) is 0 Å². The van der Waals surface area contributed by atoms with Crippen molar-refractivity contribution in [2.24, 2.45) is 0 Å². The molecule has 0 spiro atoms. The molecule has 1 saturated heterocycles. The molecule has 1 aliphatic rings. The Labute approximate surface area is 106 Å². The van der Waals surface area contributed by atoms with Crippen LogP contribution in [0.15, 0.2) is 18.2 Å². The Kier molecular flexibility index (Phi) is 3.26. The van der Waals surface area contributed by atoms with E-state index in [0.29, 0.717) is 19.8 Å². The van der Waals surface area contributed by atoms with Gasteiger partial charge in [0.15, 0.2) is 0 Å². The van der Waals surface area contributed by atoms with E-state index >= 15 is 0 Å². The quantitative estimate of drug-likeness (QED) is 0.773. The van der Waals surface area contributed by atoms with Crippen LogP contribution in [0, 0.1) is 5.82 Å². The summed E-state index contributed by atoms with van der Waals surface area (Å²) in [5, 5.41) is 0. The summed E-state index contributed by atoms with van der Waals surface area (Å²) in [4.78, 5) is 14.1. The number of morpholine rings is 1. The lowest BCUT2D eigenvalue weighted by Crippen LogP contribution is -2.55. The summed E-state index contributed by atoms with van der Waals surface area (Å²) in [6, 6.07) is 4.29. The van der Waals surface area contributed by atoms with Crippen molar-refractivity contribution >= 4 is 11.6 Å². The Hall–Kier alpha value is -1.62. The lowest BCUT2D eigenvalue weighted by atomic mass is 10.0. The van der Waals surface area contributed by atoms with Gasteiger partial charge in [-0.3, -0.25) is 4.79 Å². The largest absolute Gasteiger partial charge is 0.396 e. The molecule has 2 rings (SSSR count). The van der Waals surface area contributed by atoms with Crippen molar-refractivity contribution in [2.75, 3.05) is 25.5 Å². The normalized spacial score (nSPS) is 18.7. The highest BCUT2D eigenvalue weighted by molar-refractivity contribution is 5.99. The molecule has 0 radical (unpaired) electrons. The average Bonchev–Trinajstić information content (AvgIpc) is 2.31. The minimum absolute atomic E-state index is 0.0928. The highest BCUT2D eigenvalue weighted by Gasteiger charge is 2.35. The van der Waals surface area contributed by atoms with Gasteiger partial charge in [0.05, 0.1) is 30.0 Å². The third-order valence-corrected chi connectivity index (χ3v) is 3.17. The van der Waals surface area contributed by atoms with Crippen LogP contribution < -0.4 is 5.73 Å². The maximum Gasteiger partial charge on any atom is 0.256 e. The third-order valence-electron chi connectivity index (χ3n) is 3.17. The van der Waals surface area contributed by atoms with Gasteiger partial charge in [-0.15, -0.1) is 0 Å².